The SMILES string of the molecule is CNCC1CCN(C(=O)c2ccc3c(c2)CCCN3S(C)(=O)=O)C1.Cl. The Kier molecular flexibility index (Phi) is 6.35. The summed E-state index contributed by atoms with van der Waals surface area (Å²) in [5, 5.41) is 3.17. The summed E-state index contributed by atoms with van der Waals surface area (Å²) in [6, 6.07) is 5.42. The zero-order chi connectivity index (χ0) is 17.3. The molecule has 0 aliphatic carbocycles. The Morgan fingerprint density at radius 3 is 2.76 bits per heavy atom. The standard InChI is InChI=1S/C17H25N3O3S.ClH/c1-18-11-13-7-9-19(12-13)17(21)15-5-6-16-14(10-15)4-3-8-20(16)24(2,22)23;/h5-6,10,13,18H,3-4,7-9,11-12H2,1-2H3;1H. The highest BCUT2D eigenvalue weighted by atomic mass is 35.5. The molecule has 1 saturated heterocycles. The summed E-state index contributed by atoms with van der Waals surface area (Å²) < 4.78 is 25.3. The maximum Gasteiger partial charge on any atom is 0.253 e. The van der Waals surface area contributed by atoms with Gasteiger partial charge in [0.1, 0.15) is 0 Å². The first-order valence-electron chi connectivity index (χ1n) is 8.44. The number of hydrogen-bond donors (Lipinski definition) is 1. The van der Waals surface area contributed by atoms with Crippen molar-refractivity contribution in [3.8, 4) is 0 Å². The highest BCUT2D eigenvalue weighted by molar-refractivity contribution is 7.92. The van der Waals surface area contributed by atoms with Crippen LogP contribution in [0.3, 0.4) is 0 Å². The average Bonchev–Trinajstić information content (AvgIpc) is 3.01. The zero-order valence-corrected chi connectivity index (χ0v) is 16.3. The molecule has 1 N–H and O–H groups in total. The van der Waals surface area contributed by atoms with E-state index in [1.54, 1.807) is 12.1 Å². The van der Waals surface area contributed by atoms with E-state index in [1.807, 2.05) is 18.0 Å². The molecule has 1 aromatic rings. The van der Waals surface area contributed by atoms with Crippen molar-refractivity contribution in [3.63, 3.8) is 0 Å². The number of anilines is 1. The summed E-state index contributed by atoms with van der Waals surface area (Å²) in [6.07, 6.45) is 3.85. The lowest BCUT2D eigenvalue weighted by molar-refractivity contribution is 0.0787. The molecule has 2 aliphatic heterocycles. The molecule has 1 atom stereocenters. The molecule has 0 radical (unpaired) electrons. The van der Waals surface area contributed by atoms with Crippen molar-refractivity contribution in [1.29, 1.82) is 0 Å². The molecule has 0 aromatic heterocycles. The molecule has 6 nitrogen and oxygen atoms in total. The maximum atomic E-state index is 12.7. The zero-order valence-electron chi connectivity index (χ0n) is 14.7. The van der Waals surface area contributed by atoms with Crippen LogP contribution >= 0.6 is 12.4 Å². The van der Waals surface area contributed by atoms with Crippen molar-refractivity contribution < 1.29 is 13.2 Å². The van der Waals surface area contributed by atoms with Gasteiger partial charge in [0.2, 0.25) is 10.0 Å². The van der Waals surface area contributed by atoms with E-state index in [-0.39, 0.29) is 18.3 Å². The van der Waals surface area contributed by atoms with Crippen LogP contribution in [0.1, 0.15) is 28.8 Å². The molecular formula is C17H26ClN3O3S. The van der Waals surface area contributed by atoms with Crippen molar-refractivity contribution >= 4 is 34.0 Å². The first-order valence-corrected chi connectivity index (χ1v) is 10.3. The normalized spacial score (nSPS) is 20.2. The second-order valence-electron chi connectivity index (χ2n) is 6.75. The molecule has 2 heterocycles. The molecule has 1 amide bonds. The Morgan fingerprint density at radius 2 is 2.08 bits per heavy atom. The number of hydrogen-bond acceptors (Lipinski definition) is 4. The number of halogens is 1. The number of aryl methyl sites for hydroxylation is 1. The summed E-state index contributed by atoms with van der Waals surface area (Å²) >= 11 is 0. The Bertz CT molecular complexity index is 739. The van der Waals surface area contributed by atoms with Crippen molar-refractivity contribution in [2.24, 2.45) is 5.92 Å². The van der Waals surface area contributed by atoms with E-state index in [4.69, 9.17) is 0 Å². The molecule has 0 spiro atoms. The number of fused-ring (bicyclic) bond motifs is 1. The van der Waals surface area contributed by atoms with Gasteiger partial charge < -0.3 is 10.2 Å². The van der Waals surface area contributed by atoms with Crippen LogP contribution in [-0.4, -0.2) is 58.7 Å². The first-order chi connectivity index (χ1) is 11.4. The molecule has 1 unspecified atom stereocenters. The largest absolute Gasteiger partial charge is 0.338 e. The first kappa shape index (κ1) is 20.0. The lowest BCUT2D eigenvalue weighted by Gasteiger charge is -2.29. The molecule has 1 aromatic carbocycles. The van der Waals surface area contributed by atoms with E-state index in [1.165, 1.54) is 10.6 Å². The number of sulfonamides is 1. The van der Waals surface area contributed by atoms with Gasteiger partial charge in [-0.3, -0.25) is 9.10 Å². The molecule has 0 bridgehead atoms. The minimum atomic E-state index is -3.27. The minimum absolute atomic E-state index is 0. The Balaban J connectivity index is 0.00000225. The third-order valence-corrected chi connectivity index (χ3v) is 6.05. The molecule has 0 saturated carbocycles. The van der Waals surface area contributed by atoms with Gasteiger partial charge in [-0.25, -0.2) is 8.42 Å². The van der Waals surface area contributed by atoms with E-state index < -0.39 is 10.0 Å². The van der Waals surface area contributed by atoms with Crippen LogP contribution in [0.5, 0.6) is 0 Å². The molecule has 1 fully saturated rings. The van der Waals surface area contributed by atoms with Gasteiger partial charge in [-0.1, -0.05) is 0 Å². The van der Waals surface area contributed by atoms with Crippen molar-refractivity contribution in [3.05, 3.63) is 29.3 Å². The van der Waals surface area contributed by atoms with E-state index in [0.717, 1.165) is 50.1 Å². The smallest absolute Gasteiger partial charge is 0.253 e. The second kappa shape index (κ2) is 7.93. The van der Waals surface area contributed by atoms with Crippen LogP contribution in [0.4, 0.5) is 5.69 Å². The maximum absolute atomic E-state index is 12.7. The average molecular weight is 388 g/mol. The van der Waals surface area contributed by atoms with Crippen LogP contribution in [0, 0.1) is 5.92 Å². The molecule has 2 aliphatic rings. The number of nitrogens with zero attached hydrogens (tertiary/aromatic N) is 2. The Hall–Kier alpha value is -1.31. The highest BCUT2D eigenvalue weighted by Crippen LogP contribution is 2.30. The Morgan fingerprint density at radius 1 is 1.32 bits per heavy atom. The third kappa shape index (κ3) is 4.27. The van der Waals surface area contributed by atoms with Crippen LogP contribution in [0.2, 0.25) is 0 Å². The lowest BCUT2D eigenvalue weighted by Crippen LogP contribution is -2.35. The van der Waals surface area contributed by atoms with E-state index in [9.17, 15) is 13.2 Å². The van der Waals surface area contributed by atoms with Crippen molar-refractivity contribution in [2.75, 3.05) is 43.8 Å². The van der Waals surface area contributed by atoms with Crippen LogP contribution in [0.15, 0.2) is 18.2 Å². The fourth-order valence-corrected chi connectivity index (χ4v) is 4.69. The minimum Gasteiger partial charge on any atom is -0.338 e. The van der Waals surface area contributed by atoms with Crippen LogP contribution in [0.25, 0.3) is 0 Å². The van der Waals surface area contributed by atoms with E-state index in [0.29, 0.717) is 18.0 Å². The summed E-state index contributed by atoms with van der Waals surface area (Å²) in [5.41, 5.74) is 2.33. The van der Waals surface area contributed by atoms with Gasteiger partial charge in [0.15, 0.2) is 0 Å². The van der Waals surface area contributed by atoms with Gasteiger partial charge in [0.25, 0.3) is 5.91 Å². The number of carbonyl (C=O) groups excluding carboxylic acids is 1. The third-order valence-electron chi connectivity index (χ3n) is 4.87. The van der Waals surface area contributed by atoms with Crippen molar-refractivity contribution in [2.45, 2.75) is 19.3 Å². The number of nitrogens with one attached hydrogen (secondary N) is 1. The number of rotatable bonds is 4. The van der Waals surface area contributed by atoms with Gasteiger partial charge in [-0.2, -0.15) is 0 Å². The predicted molar refractivity (Wildman–Crippen MR) is 102 cm³/mol. The quantitative estimate of drug-likeness (QED) is 0.850. The molecular weight excluding hydrogens is 362 g/mol. The summed E-state index contributed by atoms with van der Waals surface area (Å²) in [7, 11) is -1.34. The monoisotopic (exact) mass is 387 g/mol. The van der Waals surface area contributed by atoms with Crippen LogP contribution in [-0.2, 0) is 16.4 Å². The predicted octanol–water partition coefficient (Wildman–Crippen LogP) is 1.50. The Labute approximate surface area is 156 Å². The topological polar surface area (TPSA) is 69.7 Å². The fraction of sp³-hybridized carbons (Fsp3) is 0.588. The number of likely N-dealkylation sites (tertiary alicyclic amines) is 1. The highest BCUT2D eigenvalue weighted by Gasteiger charge is 2.28. The summed E-state index contributed by atoms with van der Waals surface area (Å²) in [5.74, 6) is 0.560. The molecule has 8 heteroatoms. The van der Waals surface area contributed by atoms with Gasteiger partial charge in [-0.05, 0) is 62.5 Å². The second-order valence-corrected chi connectivity index (χ2v) is 8.65. The number of amides is 1. The fourth-order valence-electron chi connectivity index (χ4n) is 3.70. The van der Waals surface area contributed by atoms with Gasteiger partial charge >= 0.3 is 0 Å². The summed E-state index contributed by atoms with van der Waals surface area (Å²) in [6.45, 7) is 3.01. The molecule has 25 heavy (non-hydrogen) atoms. The number of carbonyl (C=O) groups is 1. The lowest BCUT2D eigenvalue weighted by atomic mass is 10.0. The van der Waals surface area contributed by atoms with Crippen LogP contribution < -0.4 is 9.62 Å². The van der Waals surface area contributed by atoms with E-state index in [2.05, 4.69) is 5.32 Å². The number of benzene rings is 1. The molecule has 3 rings (SSSR count). The van der Waals surface area contributed by atoms with Gasteiger partial charge in [0, 0.05) is 25.2 Å². The molecule has 140 valence electrons. The summed E-state index contributed by atoms with van der Waals surface area (Å²) in [4.78, 5) is 14.6. The van der Waals surface area contributed by atoms with E-state index >= 15 is 0 Å². The van der Waals surface area contributed by atoms with Crippen molar-refractivity contribution in [1.82, 2.24) is 10.2 Å². The van der Waals surface area contributed by atoms with Gasteiger partial charge in [-0.15, -0.1) is 12.4 Å². The van der Waals surface area contributed by atoms with Gasteiger partial charge in [0.05, 0.1) is 11.9 Å².